The van der Waals surface area contributed by atoms with Gasteiger partial charge in [0.25, 0.3) is 0 Å². The minimum Gasteiger partial charge on any atom is -0.472 e. The standard InChI is InChI=1S/C18H23NO2/c1-3-4-13-20-14-15(2)21-18-12-8-11-17(19-18)16-9-6-5-7-10-16/h5-12,15H,3-4,13-14H2,1-2H3. The molecule has 0 amide bonds. The van der Waals surface area contributed by atoms with Crippen LogP contribution in [0.4, 0.5) is 0 Å². The highest BCUT2D eigenvalue weighted by Gasteiger charge is 2.06. The predicted molar refractivity (Wildman–Crippen MR) is 85.5 cm³/mol. The third-order valence-corrected chi connectivity index (χ3v) is 3.11. The van der Waals surface area contributed by atoms with Crippen LogP contribution >= 0.6 is 0 Å². The van der Waals surface area contributed by atoms with Crippen molar-refractivity contribution in [3.8, 4) is 17.1 Å². The van der Waals surface area contributed by atoms with Crippen molar-refractivity contribution in [3.05, 3.63) is 48.5 Å². The Morgan fingerprint density at radius 2 is 1.86 bits per heavy atom. The summed E-state index contributed by atoms with van der Waals surface area (Å²) in [6.45, 7) is 5.55. The van der Waals surface area contributed by atoms with E-state index in [4.69, 9.17) is 9.47 Å². The maximum Gasteiger partial charge on any atom is 0.214 e. The smallest absolute Gasteiger partial charge is 0.214 e. The van der Waals surface area contributed by atoms with Crippen LogP contribution in [0.15, 0.2) is 48.5 Å². The summed E-state index contributed by atoms with van der Waals surface area (Å²) < 4.78 is 11.4. The lowest BCUT2D eigenvalue weighted by Crippen LogP contribution is -2.20. The van der Waals surface area contributed by atoms with Gasteiger partial charge in [-0.15, -0.1) is 0 Å². The number of pyridine rings is 1. The lowest BCUT2D eigenvalue weighted by Gasteiger charge is -2.14. The van der Waals surface area contributed by atoms with Gasteiger partial charge in [0.2, 0.25) is 5.88 Å². The fraction of sp³-hybridized carbons (Fsp3) is 0.389. The zero-order chi connectivity index (χ0) is 14.9. The van der Waals surface area contributed by atoms with E-state index in [9.17, 15) is 0 Å². The van der Waals surface area contributed by atoms with Gasteiger partial charge in [0.15, 0.2) is 0 Å². The van der Waals surface area contributed by atoms with Crippen molar-refractivity contribution < 1.29 is 9.47 Å². The molecular formula is C18H23NO2. The van der Waals surface area contributed by atoms with E-state index in [1.165, 1.54) is 0 Å². The second-order valence-electron chi connectivity index (χ2n) is 5.08. The van der Waals surface area contributed by atoms with Crippen LogP contribution in [0.25, 0.3) is 11.3 Å². The zero-order valence-corrected chi connectivity index (χ0v) is 12.8. The molecule has 0 aliphatic rings. The van der Waals surface area contributed by atoms with Crippen molar-refractivity contribution in [1.82, 2.24) is 4.98 Å². The topological polar surface area (TPSA) is 31.4 Å². The molecule has 0 saturated heterocycles. The molecule has 0 N–H and O–H groups in total. The lowest BCUT2D eigenvalue weighted by atomic mass is 10.1. The van der Waals surface area contributed by atoms with Gasteiger partial charge in [-0.25, -0.2) is 4.98 Å². The molecule has 0 fully saturated rings. The third kappa shape index (κ3) is 5.20. The molecule has 0 aliphatic heterocycles. The zero-order valence-electron chi connectivity index (χ0n) is 12.8. The van der Waals surface area contributed by atoms with Gasteiger partial charge in [-0.1, -0.05) is 49.7 Å². The number of nitrogens with zero attached hydrogens (tertiary/aromatic N) is 1. The predicted octanol–water partition coefficient (Wildman–Crippen LogP) is 4.33. The van der Waals surface area contributed by atoms with Crippen molar-refractivity contribution in [2.24, 2.45) is 0 Å². The maximum absolute atomic E-state index is 5.82. The van der Waals surface area contributed by atoms with E-state index in [1.54, 1.807) is 0 Å². The number of hydrogen-bond donors (Lipinski definition) is 0. The summed E-state index contributed by atoms with van der Waals surface area (Å²) in [6.07, 6.45) is 2.24. The van der Waals surface area contributed by atoms with Gasteiger partial charge >= 0.3 is 0 Å². The van der Waals surface area contributed by atoms with E-state index in [1.807, 2.05) is 55.5 Å². The Morgan fingerprint density at radius 1 is 1.05 bits per heavy atom. The summed E-state index contributed by atoms with van der Waals surface area (Å²) >= 11 is 0. The van der Waals surface area contributed by atoms with Crippen LogP contribution in [-0.2, 0) is 4.74 Å². The van der Waals surface area contributed by atoms with E-state index in [2.05, 4.69) is 11.9 Å². The Balaban J connectivity index is 1.92. The van der Waals surface area contributed by atoms with Gasteiger partial charge < -0.3 is 9.47 Å². The van der Waals surface area contributed by atoms with Crippen LogP contribution in [0, 0.1) is 0 Å². The van der Waals surface area contributed by atoms with Crippen LogP contribution in [0.2, 0.25) is 0 Å². The molecule has 0 bridgehead atoms. The van der Waals surface area contributed by atoms with Gasteiger partial charge in [-0.3, -0.25) is 0 Å². The Morgan fingerprint density at radius 3 is 2.62 bits per heavy atom. The number of rotatable bonds is 8. The quantitative estimate of drug-likeness (QED) is 0.676. The average molecular weight is 285 g/mol. The minimum atomic E-state index is 0.000351. The monoisotopic (exact) mass is 285 g/mol. The molecule has 1 aromatic heterocycles. The molecule has 21 heavy (non-hydrogen) atoms. The van der Waals surface area contributed by atoms with Crippen molar-refractivity contribution in [1.29, 1.82) is 0 Å². The lowest BCUT2D eigenvalue weighted by molar-refractivity contribution is 0.0551. The molecule has 1 aromatic carbocycles. The molecule has 2 aromatic rings. The highest BCUT2D eigenvalue weighted by atomic mass is 16.5. The third-order valence-electron chi connectivity index (χ3n) is 3.11. The molecule has 0 saturated carbocycles. The molecule has 1 atom stereocenters. The summed E-state index contributed by atoms with van der Waals surface area (Å²) in [6, 6.07) is 15.9. The first-order valence-electron chi connectivity index (χ1n) is 7.56. The van der Waals surface area contributed by atoms with Crippen LogP contribution in [0.5, 0.6) is 5.88 Å². The van der Waals surface area contributed by atoms with Gasteiger partial charge in [-0.2, -0.15) is 0 Å². The molecule has 0 radical (unpaired) electrons. The summed E-state index contributed by atoms with van der Waals surface area (Å²) in [5.41, 5.74) is 2.02. The van der Waals surface area contributed by atoms with E-state index in [0.717, 1.165) is 30.7 Å². The first-order valence-corrected chi connectivity index (χ1v) is 7.56. The SMILES string of the molecule is CCCCOCC(C)Oc1cccc(-c2ccccc2)n1. The number of unbranched alkanes of at least 4 members (excludes halogenated alkanes) is 1. The van der Waals surface area contributed by atoms with E-state index < -0.39 is 0 Å². The molecule has 112 valence electrons. The Kier molecular flexibility index (Phi) is 6.22. The van der Waals surface area contributed by atoms with Gasteiger partial charge in [0.05, 0.1) is 12.3 Å². The van der Waals surface area contributed by atoms with Crippen LogP contribution < -0.4 is 4.74 Å². The number of hydrogen-bond acceptors (Lipinski definition) is 3. The fourth-order valence-electron chi connectivity index (χ4n) is 1.99. The second-order valence-corrected chi connectivity index (χ2v) is 5.08. The molecule has 1 heterocycles. The van der Waals surface area contributed by atoms with Crippen molar-refractivity contribution in [2.75, 3.05) is 13.2 Å². The van der Waals surface area contributed by atoms with Crippen molar-refractivity contribution >= 4 is 0 Å². The summed E-state index contributed by atoms with van der Waals surface area (Å²) in [4.78, 5) is 4.55. The first-order chi connectivity index (χ1) is 10.3. The van der Waals surface area contributed by atoms with E-state index in [0.29, 0.717) is 12.5 Å². The summed E-state index contributed by atoms with van der Waals surface area (Å²) in [5.74, 6) is 0.642. The number of aromatic nitrogens is 1. The van der Waals surface area contributed by atoms with Crippen LogP contribution in [0.3, 0.4) is 0 Å². The van der Waals surface area contributed by atoms with Crippen LogP contribution in [0.1, 0.15) is 26.7 Å². The Labute approximate surface area is 126 Å². The van der Waals surface area contributed by atoms with Crippen LogP contribution in [-0.4, -0.2) is 24.3 Å². The normalized spacial score (nSPS) is 12.1. The molecular weight excluding hydrogens is 262 g/mol. The molecule has 2 rings (SSSR count). The number of benzene rings is 1. The molecule has 0 aliphatic carbocycles. The second kappa shape index (κ2) is 8.42. The average Bonchev–Trinajstić information content (AvgIpc) is 2.53. The van der Waals surface area contributed by atoms with Crippen molar-refractivity contribution in [2.45, 2.75) is 32.8 Å². The summed E-state index contributed by atoms with van der Waals surface area (Å²) in [7, 11) is 0. The van der Waals surface area contributed by atoms with Gasteiger partial charge in [-0.05, 0) is 19.4 Å². The van der Waals surface area contributed by atoms with E-state index in [-0.39, 0.29) is 6.10 Å². The molecule has 1 unspecified atom stereocenters. The Bertz CT molecular complexity index is 528. The molecule has 3 nitrogen and oxygen atoms in total. The highest BCUT2D eigenvalue weighted by Crippen LogP contribution is 2.19. The summed E-state index contributed by atoms with van der Waals surface area (Å²) in [5, 5.41) is 0. The Hall–Kier alpha value is -1.87. The minimum absolute atomic E-state index is 0.000351. The number of ether oxygens (including phenoxy) is 2. The largest absolute Gasteiger partial charge is 0.472 e. The van der Waals surface area contributed by atoms with Gasteiger partial charge in [0.1, 0.15) is 6.10 Å². The fourth-order valence-corrected chi connectivity index (χ4v) is 1.99. The highest BCUT2D eigenvalue weighted by molar-refractivity contribution is 5.59. The molecule has 0 spiro atoms. The van der Waals surface area contributed by atoms with Crippen molar-refractivity contribution in [3.63, 3.8) is 0 Å². The van der Waals surface area contributed by atoms with E-state index >= 15 is 0 Å². The van der Waals surface area contributed by atoms with Gasteiger partial charge in [0, 0.05) is 18.2 Å². The molecule has 3 heteroatoms. The first kappa shape index (κ1) is 15.5. The maximum atomic E-state index is 5.82.